The van der Waals surface area contributed by atoms with Crippen molar-refractivity contribution in [1.29, 1.82) is 0 Å². The van der Waals surface area contributed by atoms with Crippen molar-refractivity contribution in [3.8, 4) is 5.75 Å². The fourth-order valence-electron chi connectivity index (χ4n) is 2.96. The van der Waals surface area contributed by atoms with Crippen LogP contribution in [0.3, 0.4) is 0 Å². The maximum atomic E-state index is 12.4. The molecule has 122 valence electrons. The van der Waals surface area contributed by atoms with E-state index in [9.17, 15) is 4.79 Å². The number of hydrogen-bond acceptors (Lipinski definition) is 3. The lowest BCUT2D eigenvalue weighted by atomic mass is 9.99. The molecule has 1 aromatic rings. The standard InChI is InChI=1S/C18H27NO3/c1-4-21-12-16-9-6-10-19(11-16)17(20)13-22-18-14(2)7-5-8-15(18)3/h5,7-8,16H,4,6,9-13H2,1-3H3. The van der Waals surface area contributed by atoms with Crippen molar-refractivity contribution < 1.29 is 14.3 Å². The van der Waals surface area contributed by atoms with Crippen molar-refractivity contribution in [3.63, 3.8) is 0 Å². The highest BCUT2D eigenvalue weighted by Crippen LogP contribution is 2.23. The van der Waals surface area contributed by atoms with Crippen LogP contribution in [0.2, 0.25) is 0 Å². The van der Waals surface area contributed by atoms with E-state index in [1.807, 2.05) is 43.9 Å². The number of nitrogens with zero attached hydrogens (tertiary/aromatic N) is 1. The molecule has 1 heterocycles. The highest BCUT2D eigenvalue weighted by molar-refractivity contribution is 5.78. The van der Waals surface area contributed by atoms with Gasteiger partial charge in [-0.2, -0.15) is 0 Å². The number of carbonyl (C=O) groups is 1. The second kappa shape index (κ2) is 8.18. The van der Waals surface area contributed by atoms with Crippen LogP contribution in [0.1, 0.15) is 30.9 Å². The van der Waals surface area contributed by atoms with Gasteiger partial charge in [-0.15, -0.1) is 0 Å². The van der Waals surface area contributed by atoms with Crippen LogP contribution in [0.25, 0.3) is 0 Å². The summed E-state index contributed by atoms with van der Waals surface area (Å²) in [6.45, 7) is 9.24. The van der Waals surface area contributed by atoms with Crippen molar-refractivity contribution in [1.82, 2.24) is 4.90 Å². The van der Waals surface area contributed by atoms with Crippen molar-refractivity contribution >= 4 is 5.91 Å². The first-order chi connectivity index (χ1) is 10.6. The molecule has 1 saturated heterocycles. The van der Waals surface area contributed by atoms with Gasteiger partial charge in [0.25, 0.3) is 5.91 Å². The van der Waals surface area contributed by atoms with Crippen LogP contribution >= 0.6 is 0 Å². The van der Waals surface area contributed by atoms with E-state index < -0.39 is 0 Å². The van der Waals surface area contributed by atoms with E-state index >= 15 is 0 Å². The van der Waals surface area contributed by atoms with Gasteiger partial charge in [-0.1, -0.05) is 18.2 Å². The lowest BCUT2D eigenvalue weighted by Gasteiger charge is -2.32. The first kappa shape index (κ1) is 16.8. The molecular formula is C18H27NO3. The van der Waals surface area contributed by atoms with E-state index in [4.69, 9.17) is 9.47 Å². The van der Waals surface area contributed by atoms with Gasteiger partial charge in [0, 0.05) is 19.7 Å². The van der Waals surface area contributed by atoms with Crippen LogP contribution in [0.4, 0.5) is 0 Å². The van der Waals surface area contributed by atoms with E-state index in [1.54, 1.807) is 0 Å². The molecule has 0 aliphatic carbocycles. The zero-order chi connectivity index (χ0) is 15.9. The number of likely N-dealkylation sites (tertiary alicyclic amines) is 1. The molecule has 1 atom stereocenters. The molecule has 22 heavy (non-hydrogen) atoms. The quantitative estimate of drug-likeness (QED) is 0.811. The maximum Gasteiger partial charge on any atom is 0.260 e. The first-order valence-electron chi connectivity index (χ1n) is 8.16. The average molecular weight is 305 g/mol. The van der Waals surface area contributed by atoms with Crippen molar-refractivity contribution in [2.45, 2.75) is 33.6 Å². The van der Waals surface area contributed by atoms with Crippen LogP contribution in [0.5, 0.6) is 5.75 Å². The topological polar surface area (TPSA) is 38.8 Å². The van der Waals surface area contributed by atoms with Crippen molar-refractivity contribution in [2.75, 3.05) is 32.9 Å². The van der Waals surface area contributed by atoms with Crippen LogP contribution < -0.4 is 4.74 Å². The highest BCUT2D eigenvalue weighted by Gasteiger charge is 2.24. The fraction of sp³-hybridized carbons (Fsp3) is 0.611. The lowest BCUT2D eigenvalue weighted by molar-refractivity contribution is -0.135. The average Bonchev–Trinajstić information content (AvgIpc) is 2.52. The third kappa shape index (κ3) is 4.47. The Morgan fingerprint density at radius 2 is 2.05 bits per heavy atom. The Morgan fingerprint density at radius 1 is 1.32 bits per heavy atom. The number of rotatable bonds is 6. The molecule has 0 aromatic heterocycles. The Kier molecular flexibility index (Phi) is 6.25. The summed E-state index contributed by atoms with van der Waals surface area (Å²) in [6.07, 6.45) is 2.19. The van der Waals surface area contributed by atoms with E-state index in [0.717, 1.165) is 56.0 Å². The smallest absolute Gasteiger partial charge is 0.260 e. The van der Waals surface area contributed by atoms with Gasteiger partial charge in [0.2, 0.25) is 0 Å². The summed E-state index contributed by atoms with van der Waals surface area (Å²) in [7, 11) is 0. The first-order valence-corrected chi connectivity index (χ1v) is 8.16. The van der Waals surface area contributed by atoms with Crippen LogP contribution in [-0.4, -0.2) is 43.7 Å². The van der Waals surface area contributed by atoms with Gasteiger partial charge >= 0.3 is 0 Å². The van der Waals surface area contributed by atoms with E-state index in [-0.39, 0.29) is 12.5 Å². The van der Waals surface area contributed by atoms with E-state index in [2.05, 4.69) is 0 Å². The van der Waals surface area contributed by atoms with Crippen LogP contribution in [0, 0.1) is 19.8 Å². The van der Waals surface area contributed by atoms with E-state index in [0.29, 0.717) is 5.92 Å². The Balaban J connectivity index is 1.86. The summed E-state index contributed by atoms with van der Waals surface area (Å²) in [5.74, 6) is 1.36. The zero-order valence-electron chi connectivity index (χ0n) is 13.9. The molecule has 4 nitrogen and oxygen atoms in total. The second-order valence-electron chi connectivity index (χ2n) is 6.02. The molecular weight excluding hydrogens is 278 g/mol. The number of carbonyl (C=O) groups excluding carboxylic acids is 1. The van der Waals surface area contributed by atoms with Gasteiger partial charge in [-0.3, -0.25) is 4.79 Å². The number of aryl methyl sites for hydroxylation is 2. The summed E-state index contributed by atoms with van der Waals surface area (Å²) in [6, 6.07) is 6.01. The minimum Gasteiger partial charge on any atom is -0.483 e. The Bertz CT molecular complexity index is 481. The summed E-state index contributed by atoms with van der Waals surface area (Å²) in [4.78, 5) is 14.3. The number of benzene rings is 1. The van der Waals surface area contributed by atoms with Gasteiger partial charge in [0.15, 0.2) is 6.61 Å². The number of ether oxygens (including phenoxy) is 2. The Morgan fingerprint density at radius 3 is 2.73 bits per heavy atom. The van der Waals surface area contributed by atoms with Gasteiger partial charge < -0.3 is 14.4 Å². The van der Waals surface area contributed by atoms with Gasteiger partial charge in [-0.05, 0) is 50.7 Å². The lowest BCUT2D eigenvalue weighted by Crippen LogP contribution is -2.43. The minimum atomic E-state index is 0.0730. The summed E-state index contributed by atoms with van der Waals surface area (Å²) in [5, 5.41) is 0. The summed E-state index contributed by atoms with van der Waals surface area (Å²) >= 11 is 0. The second-order valence-corrected chi connectivity index (χ2v) is 6.02. The molecule has 0 saturated carbocycles. The molecule has 1 aliphatic rings. The number of piperidine rings is 1. The maximum absolute atomic E-state index is 12.4. The molecule has 2 rings (SSSR count). The molecule has 0 spiro atoms. The monoisotopic (exact) mass is 305 g/mol. The predicted octanol–water partition coefficient (Wildman–Crippen LogP) is 2.96. The van der Waals surface area contributed by atoms with Crippen molar-refractivity contribution in [3.05, 3.63) is 29.3 Å². The normalized spacial score (nSPS) is 18.3. The molecule has 1 fully saturated rings. The largest absolute Gasteiger partial charge is 0.483 e. The molecule has 1 aromatic carbocycles. The van der Waals surface area contributed by atoms with Gasteiger partial charge in [-0.25, -0.2) is 0 Å². The Labute approximate surface area is 133 Å². The summed E-state index contributed by atoms with van der Waals surface area (Å²) in [5.41, 5.74) is 2.14. The molecule has 1 amide bonds. The fourth-order valence-corrected chi connectivity index (χ4v) is 2.96. The molecule has 0 radical (unpaired) electrons. The third-order valence-corrected chi connectivity index (χ3v) is 4.18. The minimum absolute atomic E-state index is 0.0730. The SMILES string of the molecule is CCOCC1CCCN(C(=O)COc2c(C)cccc2C)C1. The third-order valence-electron chi connectivity index (χ3n) is 4.18. The zero-order valence-corrected chi connectivity index (χ0v) is 13.9. The van der Waals surface area contributed by atoms with E-state index in [1.165, 1.54) is 0 Å². The van der Waals surface area contributed by atoms with Crippen molar-refractivity contribution in [2.24, 2.45) is 5.92 Å². The molecule has 1 aliphatic heterocycles. The van der Waals surface area contributed by atoms with Gasteiger partial charge in [0.1, 0.15) is 5.75 Å². The molecule has 0 bridgehead atoms. The molecule has 0 N–H and O–H groups in total. The highest BCUT2D eigenvalue weighted by atomic mass is 16.5. The number of para-hydroxylation sites is 1. The molecule has 1 unspecified atom stereocenters. The van der Waals surface area contributed by atoms with Gasteiger partial charge in [0.05, 0.1) is 6.61 Å². The van der Waals surface area contributed by atoms with Crippen LogP contribution in [-0.2, 0) is 9.53 Å². The number of amides is 1. The van der Waals surface area contributed by atoms with Crippen LogP contribution in [0.15, 0.2) is 18.2 Å². The Hall–Kier alpha value is -1.55. The predicted molar refractivity (Wildman–Crippen MR) is 87.2 cm³/mol. The number of hydrogen-bond donors (Lipinski definition) is 0. The molecule has 4 heteroatoms. The summed E-state index contributed by atoms with van der Waals surface area (Å²) < 4.78 is 11.3.